The summed E-state index contributed by atoms with van der Waals surface area (Å²) in [5, 5.41) is 0. The molecule has 6 heteroatoms. The number of esters is 1. The van der Waals surface area contributed by atoms with Gasteiger partial charge in [0.2, 0.25) is 0 Å². The van der Waals surface area contributed by atoms with Gasteiger partial charge in [0.1, 0.15) is 5.82 Å². The van der Waals surface area contributed by atoms with Gasteiger partial charge >= 0.3 is 5.97 Å². The monoisotopic (exact) mass is 252 g/mol. The molecule has 1 unspecified atom stereocenters. The lowest BCUT2D eigenvalue weighted by Crippen LogP contribution is -2.29. The number of hydrogen-bond donors (Lipinski definition) is 1. The first-order valence-electron chi connectivity index (χ1n) is 5.50. The Hall–Kier alpha value is -2.11. The first kappa shape index (κ1) is 12.3. The van der Waals surface area contributed by atoms with E-state index in [0.717, 1.165) is 6.07 Å². The van der Waals surface area contributed by atoms with Gasteiger partial charge in [-0.1, -0.05) is 0 Å². The topological polar surface area (TPSA) is 72.6 Å². The summed E-state index contributed by atoms with van der Waals surface area (Å²) in [4.78, 5) is 24.8. The third-order valence-corrected chi connectivity index (χ3v) is 2.84. The van der Waals surface area contributed by atoms with Crippen molar-refractivity contribution in [3.05, 3.63) is 29.6 Å². The molecule has 5 nitrogen and oxygen atoms in total. The van der Waals surface area contributed by atoms with Crippen molar-refractivity contribution in [1.29, 1.82) is 0 Å². The fraction of sp³-hybridized carbons (Fsp3) is 0.333. The second kappa shape index (κ2) is 4.64. The van der Waals surface area contributed by atoms with Crippen molar-refractivity contribution in [2.24, 2.45) is 0 Å². The van der Waals surface area contributed by atoms with Crippen LogP contribution in [0, 0.1) is 5.82 Å². The smallest absolute Gasteiger partial charge is 0.341 e. The lowest BCUT2D eigenvalue weighted by atomic mass is 10.2. The zero-order valence-corrected chi connectivity index (χ0v) is 9.85. The van der Waals surface area contributed by atoms with Crippen LogP contribution in [0.25, 0.3) is 0 Å². The van der Waals surface area contributed by atoms with Crippen molar-refractivity contribution in [3.63, 3.8) is 0 Å². The second-order valence-electron chi connectivity index (χ2n) is 4.18. The summed E-state index contributed by atoms with van der Waals surface area (Å²) in [6, 6.07) is 3.63. The number of anilines is 1. The van der Waals surface area contributed by atoms with Gasteiger partial charge in [0.25, 0.3) is 5.91 Å². The molecule has 18 heavy (non-hydrogen) atoms. The number of carbonyl (C=O) groups is 2. The SMILES string of the molecule is CN1CCC(OC(=O)c2cc(N)ccc2F)C1=O. The third kappa shape index (κ3) is 2.27. The van der Waals surface area contributed by atoms with E-state index in [1.54, 1.807) is 7.05 Å². The van der Waals surface area contributed by atoms with Crippen molar-refractivity contribution < 1.29 is 18.7 Å². The van der Waals surface area contributed by atoms with Gasteiger partial charge in [-0.25, -0.2) is 9.18 Å². The molecule has 1 aromatic rings. The minimum absolute atomic E-state index is 0.252. The Morgan fingerprint density at radius 3 is 2.89 bits per heavy atom. The molecule has 0 radical (unpaired) electrons. The molecule has 1 fully saturated rings. The predicted octanol–water partition coefficient (Wildman–Crippen LogP) is 0.795. The lowest BCUT2D eigenvalue weighted by Gasteiger charge is -2.12. The molecule has 0 aromatic heterocycles. The van der Waals surface area contributed by atoms with Crippen molar-refractivity contribution in [1.82, 2.24) is 4.90 Å². The summed E-state index contributed by atoms with van der Waals surface area (Å²) < 4.78 is 18.4. The van der Waals surface area contributed by atoms with Crippen molar-refractivity contribution in [2.75, 3.05) is 19.3 Å². The minimum Gasteiger partial charge on any atom is -0.449 e. The highest BCUT2D eigenvalue weighted by Gasteiger charge is 2.33. The highest BCUT2D eigenvalue weighted by atomic mass is 19.1. The second-order valence-corrected chi connectivity index (χ2v) is 4.18. The van der Waals surface area contributed by atoms with E-state index in [0.29, 0.717) is 13.0 Å². The van der Waals surface area contributed by atoms with Crippen molar-refractivity contribution in [3.8, 4) is 0 Å². The van der Waals surface area contributed by atoms with Gasteiger partial charge in [0.05, 0.1) is 5.56 Å². The van der Waals surface area contributed by atoms with Gasteiger partial charge in [0, 0.05) is 25.7 Å². The predicted molar refractivity (Wildman–Crippen MR) is 62.3 cm³/mol. The fourth-order valence-electron chi connectivity index (χ4n) is 1.79. The first-order chi connectivity index (χ1) is 8.49. The van der Waals surface area contributed by atoms with E-state index >= 15 is 0 Å². The molecule has 0 aliphatic carbocycles. The molecule has 0 bridgehead atoms. The standard InChI is InChI=1S/C12H13FN2O3/c1-15-5-4-10(11(15)16)18-12(17)8-6-7(14)2-3-9(8)13/h2-3,6,10H,4-5,14H2,1H3. The first-order valence-corrected chi connectivity index (χ1v) is 5.50. The number of nitrogens with zero attached hydrogens (tertiary/aromatic N) is 1. The summed E-state index contributed by atoms with van der Waals surface area (Å²) in [7, 11) is 1.62. The summed E-state index contributed by atoms with van der Waals surface area (Å²) >= 11 is 0. The van der Waals surface area contributed by atoms with Crippen LogP contribution in [0.5, 0.6) is 0 Å². The molecule has 2 N–H and O–H groups in total. The third-order valence-electron chi connectivity index (χ3n) is 2.84. The van der Waals surface area contributed by atoms with Gasteiger partial charge < -0.3 is 15.4 Å². The zero-order valence-electron chi connectivity index (χ0n) is 9.85. The number of rotatable bonds is 2. The van der Waals surface area contributed by atoms with Gasteiger partial charge in [-0.05, 0) is 18.2 Å². The maximum Gasteiger partial charge on any atom is 0.341 e. The van der Waals surface area contributed by atoms with E-state index in [9.17, 15) is 14.0 Å². The minimum atomic E-state index is -0.867. The van der Waals surface area contributed by atoms with Crippen LogP contribution in [0.4, 0.5) is 10.1 Å². The van der Waals surface area contributed by atoms with E-state index < -0.39 is 17.9 Å². The molecule has 1 saturated heterocycles. The number of halogens is 1. The number of ether oxygens (including phenoxy) is 1. The molecule has 1 aliphatic rings. The van der Waals surface area contributed by atoms with Crippen LogP contribution in [0.1, 0.15) is 16.8 Å². The summed E-state index contributed by atoms with van der Waals surface area (Å²) in [5.41, 5.74) is 5.48. The quantitative estimate of drug-likeness (QED) is 0.624. The van der Waals surface area contributed by atoms with E-state index in [1.807, 2.05) is 0 Å². The number of amides is 1. The Bertz CT molecular complexity index is 504. The van der Waals surface area contributed by atoms with E-state index in [-0.39, 0.29) is 17.2 Å². The highest BCUT2D eigenvalue weighted by molar-refractivity contribution is 5.93. The number of nitrogen functional groups attached to an aromatic ring is 1. The zero-order chi connectivity index (χ0) is 13.3. The molecule has 1 heterocycles. The van der Waals surface area contributed by atoms with Crippen molar-refractivity contribution >= 4 is 17.6 Å². The molecule has 0 spiro atoms. The fourth-order valence-corrected chi connectivity index (χ4v) is 1.79. The van der Waals surface area contributed by atoms with Gasteiger partial charge in [0.15, 0.2) is 6.10 Å². The van der Waals surface area contributed by atoms with Gasteiger partial charge in [-0.15, -0.1) is 0 Å². The molecule has 1 aliphatic heterocycles. The number of likely N-dealkylation sites (N-methyl/N-ethyl adjacent to an activating group) is 1. The van der Waals surface area contributed by atoms with Gasteiger partial charge in [-0.3, -0.25) is 4.79 Å². The maximum atomic E-state index is 13.4. The number of likely N-dealkylation sites (tertiary alicyclic amines) is 1. The molecule has 1 aromatic carbocycles. The Labute approximate surface area is 103 Å². The van der Waals surface area contributed by atoms with Crippen LogP contribution in [0.15, 0.2) is 18.2 Å². The van der Waals surface area contributed by atoms with Crippen LogP contribution in [-0.4, -0.2) is 36.5 Å². The molecular weight excluding hydrogens is 239 g/mol. The highest BCUT2D eigenvalue weighted by Crippen LogP contribution is 2.18. The summed E-state index contributed by atoms with van der Waals surface area (Å²) in [5.74, 6) is -1.85. The van der Waals surface area contributed by atoms with E-state index in [4.69, 9.17) is 10.5 Å². The van der Waals surface area contributed by atoms with Crippen LogP contribution < -0.4 is 5.73 Å². The van der Waals surface area contributed by atoms with Crippen LogP contribution in [-0.2, 0) is 9.53 Å². The van der Waals surface area contributed by atoms with Crippen LogP contribution in [0.3, 0.4) is 0 Å². The van der Waals surface area contributed by atoms with Crippen molar-refractivity contribution in [2.45, 2.75) is 12.5 Å². The molecule has 1 amide bonds. The number of nitrogens with two attached hydrogens (primary N) is 1. The maximum absolute atomic E-state index is 13.4. The average Bonchev–Trinajstić information content (AvgIpc) is 2.64. The number of carbonyl (C=O) groups excluding carboxylic acids is 2. The summed E-state index contributed by atoms with van der Waals surface area (Å²) in [6.45, 7) is 0.524. The Morgan fingerprint density at radius 1 is 1.56 bits per heavy atom. The Kier molecular flexibility index (Phi) is 3.18. The molecule has 1 atom stereocenters. The Balaban J connectivity index is 2.13. The molecule has 96 valence electrons. The lowest BCUT2D eigenvalue weighted by molar-refractivity contribution is -0.133. The van der Waals surface area contributed by atoms with E-state index in [2.05, 4.69) is 0 Å². The number of hydrogen-bond acceptors (Lipinski definition) is 4. The molecular formula is C12H13FN2O3. The molecule has 2 rings (SSSR count). The van der Waals surface area contributed by atoms with Gasteiger partial charge in [-0.2, -0.15) is 0 Å². The van der Waals surface area contributed by atoms with Crippen LogP contribution >= 0.6 is 0 Å². The Morgan fingerprint density at radius 2 is 2.28 bits per heavy atom. The molecule has 0 saturated carbocycles. The van der Waals surface area contributed by atoms with Crippen LogP contribution in [0.2, 0.25) is 0 Å². The number of benzene rings is 1. The largest absolute Gasteiger partial charge is 0.449 e. The normalized spacial score (nSPS) is 19.1. The summed E-state index contributed by atoms with van der Waals surface area (Å²) in [6.07, 6.45) is -0.409. The average molecular weight is 252 g/mol. The van der Waals surface area contributed by atoms with E-state index in [1.165, 1.54) is 17.0 Å².